The van der Waals surface area contributed by atoms with Gasteiger partial charge in [-0.1, -0.05) is 24.3 Å². The Hall–Kier alpha value is -1.71. The van der Waals surface area contributed by atoms with Crippen LogP contribution in [-0.4, -0.2) is 48.0 Å². The topological polar surface area (TPSA) is 19.4 Å². The van der Waals surface area contributed by atoms with Crippen LogP contribution in [-0.2, 0) is 6.54 Å². The Morgan fingerprint density at radius 3 is 2.55 bits per heavy atom. The monoisotopic (exact) mass is 295 g/mol. The van der Waals surface area contributed by atoms with Crippen molar-refractivity contribution >= 4 is 0 Å². The summed E-state index contributed by atoms with van der Waals surface area (Å²) < 4.78 is 0. The second-order valence-corrected chi connectivity index (χ2v) is 6.59. The summed E-state index contributed by atoms with van der Waals surface area (Å²) in [5, 5.41) is 0. The van der Waals surface area contributed by atoms with Gasteiger partial charge in [0.1, 0.15) is 0 Å². The molecular weight excluding hydrogens is 270 g/mol. The Labute approximate surface area is 133 Å². The molecule has 0 bridgehead atoms. The molecule has 1 aliphatic rings. The third kappa shape index (κ3) is 3.54. The minimum Gasteiger partial charge on any atom is -0.305 e. The van der Waals surface area contributed by atoms with Crippen LogP contribution in [0.3, 0.4) is 0 Å². The van der Waals surface area contributed by atoms with Crippen molar-refractivity contribution in [1.82, 2.24) is 14.8 Å². The summed E-state index contributed by atoms with van der Waals surface area (Å²) in [4.78, 5) is 9.17. The average Bonchev–Trinajstić information content (AvgIpc) is 2.97. The van der Waals surface area contributed by atoms with Crippen LogP contribution in [0, 0.1) is 6.92 Å². The summed E-state index contributed by atoms with van der Waals surface area (Å²) in [5.74, 6) is 0. The number of likely N-dealkylation sites (tertiary alicyclic amines) is 1. The number of hydrogen-bond donors (Lipinski definition) is 0. The molecule has 0 aliphatic carbocycles. The highest BCUT2D eigenvalue weighted by atomic mass is 15.2. The van der Waals surface area contributed by atoms with Crippen LogP contribution in [0.4, 0.5) is 0 Å². The highest BCUT2D eigenvalue weighted by molar-refractivity contribution is 5.63. The number of aryl methyl sites for hydroxylation is 1. The summed E-state index contributed by atoms with van der Waals surface area (Å²) in [7, 11) is 4.36. The number of benzene rings is 1. The lowest BCUT2D eigenvalue weighted by molar-refractivity contribution is 0.264. The highest BCUT2D eigenvalue weighted by Gasteiger charge is 2.23. The van der Waals surface area contributed by atoms with Crippen LogP contribution >= 0.6 is 0 Å². The van der Waals surface area contributed by atoms with Crippen LogP contribution in [0.2, 0.25) is 0 Å². The predicted molar refractivity (Wildman–Crippen MR) is 91.8 cm³/mol. The number of hydrogen-bond acceptors (Lipinski definition) is 3. The van der Waals surface area contributed by atoms with Gasteiger partial charge < -0.3 is 4.90 Å². The van der Waals surface area contributed by atoms with E-state index in [0.717, 1.165) is 6.54 Å². The van der Waals surface area contributed by atoms with Crippen molar-refractivity contribution in [1.29, 1.82) is 0 Å². The lowest BCUT2D eigenvalue weighted by Crippen LogP contribution is -2.31. The average molecular weight is 295 g/mol. The first-order valence-electron chi connectivity index (χ1n) is 8.01. The molecule has 1 saturated heterocycles. The molecule has 3 rings (SSSR count). The van der Waals surface area contributed by atoms with E-state index in [9.17, 15) is 0 Å². The number of aromatic nitrogens is 1. The van der Waals surface area contributed by atoms with E-state index < -0.39 is 0 Å². The summed E-state index contributed by atoms with van der Waals surface area (Å²) in [5.41, 5.74) is 5.03. The zero-order chi connectivity index (χ0) is 15.5. The Morgan fingerprint density at radius 1 is 1.14 bits per heavy atom. The Balaban J connectivity index is 1.65. The molecule has 1 aliphatic heterocycles. The maximum atomic E-state index is 4.28. The molecule has 1 aromatic heterocycles. The number of rotatable bonds is 4. The number of likely N-dealkylation sites (N-methyl/N-ethyl adjacent to an activating group) is 1. The number of nitrogens with zero attached hydrogens (tertiary/aromatic N) is 3. The van der Waals surface area contributed by atoms with E-state index in [1.54, 1.807) is 0 Å². The lowest BCUT2D eigenvalue weighted by Gasteiger charge is -2.20. The second-order valence-electron chi connectivity index (χ2n) is 6.59. The van der Waals surface area contributed by atoms with Crippen molar-refractivity contribution < 1.29 is 0 Å². The first-order valence-corrected chi connectivity index (χ1v) is 8.01. The highest BCUT2D eigenvalue weighted by Crippen LogP contribution is 2.21. The van der Waals surface area contributed by atoms with E-state index in [1.165, 1.54) is 41.8 Å². The van der Waals surface area contributed by atoms with Crippen LogP contribution in [0.1, 0.15) is 17.5 Å². The fourth-order valence-electron chi connectivity index (χ4n) is 3.15. The third-order valence-electron chi connectivity index (χ3n) is 4.55. The van der Waals surface area contributed by atoms with Gasteiger partial charge in [0.05, 0.1) is 0 Å². The third-order valence-corrected chi connectivity index (χ3v) is 4.55. The van der Waals surface area contributed by atoms with Gasteiger partial charge in [-0.15, -0.1) is 0 Å². The van der Waals surface area contributed by atoms with Crippen molar-refractivity contribution in [3.05, 3.63) is 53.9 Å². The minimum absolute atomic E-state index is 0.706. The Kier molecular flexibility index (Phi) is 4.55. The van der Waals surface area contributed by atoms with Gasteiger partial charge in [0.25, 0.3) is 0 Å². The first-order chi connectivity index (χ1) is 10.6. The van der Waals surface area contributed by atoms with Gasteiger partial charge in [-0.3, -0.25) is 9.88 Å². The van der Waals surface area contributed by atoms with Crippen LogP contribution in [0.25, 0.3) is 11.1 Å². The van der Waals surface area contributed by atoms with Crippen molar-refractivity contribution in [2.75, 3.05) is 27.2 Å². The zero-order valence-electron chi connectivity index (χ0n) is 13.8. The van der Waals surface area contributed by atoms with E-state index in [1.807, 2.05) is 12.4 Å². The van der Waals surface area contributed by atoms with Gasteiger partial charge in [0, 0.05) is 43.6 Å². The van der Waals surface area contributed by atoms with Gasteiger partial charge in [0.2, 0.25) is 0 Å². The minimum atomic E-state index is 0.706. The summed E-state index contributed by atoms with van der Waals surface area (Å²) in [6.07, 6.45) is 5.11. The standard InChI is InChI=1S/C19H25N3/c1-15-10-18(12-20-11-15)17-6-4-16(5-7-17)13-22-9-8-19(14-22)21(2)3/h4-7,10-12,19H,8-9,13-14H2,1-3H3. The Morgan fingerprint density at radius 2 is 1.91 bits per heavy atom. The Bertz CT molecular complexity index is 619. The van der Waals surface area contributed by atoms with E-state index in [0.29, 0.717) is 6.04 Å². The molecule has 3 nitrogen and oxygen atoms in total. The normalized spacial score (nSPS) is 19.0. The van der Waals surface area contributed by atoms with Crippen LogP contribution in [0.5, 0.6) is 0 Å². The molecule has 3 heteroatoms. The summed E-state index contributed by atoms with van der Waals surface area (Å²) in [6, 6.07) is 11.8. The van der Waals surface area contributed by atoms with E-state index in [-0.39, 0.29) is 0 Å². The van der Waals surface area contributed by atoms with Gasteiger partial charge >= 0.3 is 0 Å². The zero-order valence-corrected chi connectivity index (χ0v) is 13.8. The van der Waals surface area contributed by atoms with Gasteiger partial charge in [-0.25, -0.2) is 0 Å². The van der Waals surface area contributed by atoms with Gasteiger partial charge in [-0.2, -0.15) is 0 Å². The summed E-state index contributed by atoms with van der Waals surface area (Å²) in [6.45, 7) is 5.51. The molecule has 0 spiro atoms. The molecule has 1 unspecified atom stereocenters. The molecule has 1 aromatic carbocycles. The molecule has 0 radical (unpaired) electrons. The van der Waals surface area contributed by atoms with Gasteiger partial charge in [-0.05, 0) is 50.2 Å². The van der Waals surface area contributed by atoms with Crippen molar-refractivity contribution in [3.8, 4) is 11.1 Å². The second kappa shape index (κ2) is 6.59. The van der Waals surface area contributed by atoms with Crippen molar-refractivity contribution in [2.24, 2.45) is 0 Å². The van der Waals surface area contributed by atoms with E-state index in [2.05, 4.69) is 66.1 Å². The molecule has 0 saturated carbocycles. The van der Waals surface area contributed by atoms with Crippen molar-refractivity contribution in [3.63, 3.8) is 0 Å². The van der Waals surface area contributed by atoms with Crippen molar-refractivity contribution in [2.45, 2.75) is 25.9 Å². The molecule has 0 N–H and O–H groups in total. The van der Waals surface area contributed by atoms with Gasteiger partial charge in [0.15, 0.2) is 0 Å². The van der Waals surface area contributed by atoms with Crippen LogP contribution < -0.4 is 0 Å². The molecule has 2 aromatic rings. The summed E-state index contributed by atoms with van der Waals surface area (Å²) >= 11 is 0. The molecule has 1 fully saturated rings. The number of pyridine rings is 1. The maximum Gasteiger partial charge on any atom is 0.0346 e. The van der Waals surface area contributed by atoms with E-state index in [4.69, 9.17) is 0 Å². The largest absolute Gasteiger partial charge is 0.305 e. The molecule has 2 heterocycles. The predicted octanol–water partition coefficient (Wildman–Crippen LogP) is 3.19. The molecule has 116 valence electrons. The van der Waals surface area contributed by atoms with Crippen LogP contribution in [0.15, 0.2) is 42.7 Å². The SMILES string of the molecule is Cc1cncc(-c2ccc(CN3CCC(N(C)C)C3)cc2)c1. The quantitative estimate of drug-likeness (QED) is 0.863. The van der Waals surface area contributed by atoms with E-state index >= 15 is 0 Å². The smallest absolute Gasteiger partial charge is 0.0346 e. The maximum absolute atomic E-state index is 4.28. The molecule has 22 heavy (non-hydrogen) atoms. The fraction of sp³-hybridized carbons (Fsp3) is 0.421. The first kappa shape index (κ1) is 15.2. The molecule has 0 amide bonds. The molecule has 1 atom stereocenters. The fourth-order valence-corrected chi connectivity index (χ4v) is 3.15. The molecular formula is C19H25N3. The lowest BCUT2D eigenvalue weighted by atomic mass is 10.0.